The maximum atomic E-state index is 13.9. The van der Waals surface area contributed by atoms with Gasteiger partial charge >= 0.3 is 5.97 Å². The normalized spacial score (nSPS) is 29.0. The summed E-state index contributed by atoms with van der Waals surface area (Å²) in [4.78, 5) is 27.5. The monoisotopic (exact) mass is 552 g/mol. The molecular weight excluding hydrogens is 508 g/mol. The Bertz CT molecular complexity index is 1230. The van der Waals surface area contributed by atoms with E-state index in [9.17, 15) is 14.7 Å². The number of hydrogen-bond acceptors (Lipinski definition) is 6. The molecule has 4 rings (SSSR count). The molecule has 2 bridgehead atoms. The van der Waals surface area contributed by atoms with Gasteiger partial charge in [-0.25, -0.2) is 4.79 Å². The topological polar surface area (TPSA) is 82.1 Å². The molecular formula is C32H44O6Si. The number of fused-ring (bicyclic) bond motifs is 3. The first-order valence-corrected chi connectivity index (χ1v) is 16.8. The van der Waals surface area contributed by atoms with Crippen molar-refractivity contribution in [3.8, 4) is 0 Å². The highest BCUT2D eigenvalue weighted by molar-refractivity contribution is 6.74. The molecule has 1 N–H and O–H groups in total. The smallest absolute Gasteiger partial charge is 0.338 e. The van der Waals surface area contributed by atoms with Crippen molar-refractivity contribution >= 4 is 20.1 Å². The van der Waals surface area contributed by atoms with Gasteiger partial charge < -0.3 is 19.0 Å². The number of ether oxygens (including phenoxy) is 2. The van der Waals surface area contributed by atoms with Gasteiger partial charge in [0.15, 0.2) is 14.1 Å². The minimum Gasteiger partial charge on any atom is -0.501 e. The van der Waals surface area contributed by atoms with Crippen molar-refractivity contribution in [2.24, 2.45) is 11.3 Å². The third-order valence-corrected chi connectivity index (χ3v) is 14.2. The molecule has 0 aromatic heterocycles. The predicted octanol–water partition coefficient (Wildman–Crippen LogP) is 6.53. The Balaban J connectivity index is 1.92. The average Bonchev–Trinajstić information content (AvgIpc) is 2.87. The van der Waals surface area contributed by atoms with Gasteiger partial charge in [-0.3, -0.25) is 4.79 Å². The molecule has 0 heterocycles. The first kappa shape index (κ1) is 29.5. The fourth-order valence-electron chi connectivity index (χ4n) is 6.11. The Morgan fingerprint density at radius 1 is 1.10 bits per heavy atom. The minimum absolute atomic E-state index is 0.0409. The van der Waals surface area contributed by atoms with Gasteiger partial charge in [0.25, 0.3) is 0 Å². The Labute approximate surface area is 234 Å². The minimum atomic E-state index is -2.25. The molecule has 7 heteroatoms. The summed E-state index contributed by atoms with van der Waals surface area (Å²) in [6.45, 7) is 16.9. The van der Waals surface area contributed by atoms with Crippen LogP contribution in [0.1, 0.15) is 71.2 Å². The highest BCUT2D eigenvalue weighted by atomic mass is 28.4. The standard InChI is InChI=1S/C32H44O6Si/c1-20-23-18-24(33)22-16-13-17-25(36-7)27(22)28(37-29(34)21-14-11-10-12-15-21)32(35,31(23,5)6)19-26(20)38-39(8,9)30(2,3)4/h10-12,14-17,26-28,35H,13,18-19H2,1-9H3/t26-,27+,28-,32+/m0/s1. The van der Waals surface area contributed by atoms with Crippen LogP contribution in [0.2, 0.25) is 18.1 Å². The molecule has 0 amide bonds. The second-order valence-electron chi connectivity index (χ2n) is 13.3. The molecule has 6 nitrogen and oxygen atoms in total. The number of hydrogen-bond donors (Lipinski definition) is 1. The number of benzene rings is 1. The van der Waals surface area contributed by atoms with Crippen LogP contribution in [0.25, 0.3) is 0 Å². The number of Topliss-reactive ketones (excluding diaryl/α,β-unsaturated/α-hetero) is 1. The molecule has 3 aliphatic rings. The summed E-state index contributed by atoms with van der Waals surface area (Å²) in [5.41, 5.74) is 0.353. The molecule has 3 aliphatic carbocycles. The first-order valence-electron chi connectivity index (χ1n) is 13.9. The van der Waals surface area contributed by atoms with Crippen LogP contribution in [-0.2, 0) is 18.7 Å². The molecule has 1 aromatic carbocycles. The summed E-state index contributed by atoms with van der Waals surface area (Å²) in [6.07, 6.45) is 3.26. The van der Waals surface area contributed by atoms with Crippen molar-refractivity contribution in [2.45, 2.75) is 96.7 Å². The van der Waals surface area contributed by atoms with Crippen molar-refractivity contribution in [3.05, 3.63) is 70.5 Å². The van der Waals surface area contributed by atoms with Gasteiger partial charge in [-0.05, 0) is 55.3 Å². The Morgan fingerprint density at radius 3 is 2.33 bits per heavy atom. The van der Waals surface area contributed by atoms with Crippen molar-refractivity contribution in [1.82, 2.24) is 0 Å². The van der Waals surface area contributed by atoms with Gasteiger partial charge in [0, 0.05) is 23.8 Å². The lowest BCUT2D eigenvalue weighted by molar-refractivity contribution is -0.176. The van der Waals surface area contributed by atoms with Crippen molar-refractivity contribution in [2.75, 3.05) is 7.11 Å². The zero-order valence-electron chi connectivity index (χ0n) is 24.9. The molecule has 1 saturated carbocycles. The highest BCUT2D eigenvalue weighted by Gasteiger charge is 2.63. The Hall–Kier alpha value is -2.48. The van der Waals surface area contributed by atoms with Gasteiger partial charge in [0.05, 0.1) is 24.7 Å². The van der Waals surface area contributed by atoms with E-state index in [-0.39, 0.29) is 23.7 Å². The molecule has 212 valence electrons. The van der Waals surface area contributed by atoms with Crippen LogP contribution in [0, 0.1) is 11.3 Å². The van der Waals surface area contributed by atoms with E-state index in [1.54, 1.807) is 31.4 Å². The summed E-state index contributed by atoms with van der Waals surface area (Å²) in [7, 11) is -0.696. The zero-order chi connectivity index (χ0) is 29.0. The van der Waals surface area contributed by atoms with Crippen LogP contribution in [-0.4, -0.2) is 50.1 Å². The Kier molecular flexibility index (Phi) is 7.69. The highest BCUT2D eigenvalue weighted by Crippen LogP contribution is 2.57. The molecule has 1 fully saturated rings. The van der Waals surface area contributed by atoms with E-state index in [0.717, 1.165) is 11.1 Å². The van der Waals surface area contributed by atoms with E-state index in [1.807, 2.05) is 39.0 Å². The quantitative estimate of drug-likeness (QED) is 0.254. The maximum absolute atomic E-state index is 13.9. The molecule has 0 saturated heterocycles. The maximum Gasteiger partial charge on any atom is 0.338 e. The molecule has 0 unspecified atom stereocenters. The van der Waals surface area contributed by atoms with Gasteiger partial charge in [0.2, 0.25) is 0 Å². The average molecular weight is 553 g/mol. The van der Waals surface area contributed by atoms with Crippen LogP contribution in [0.3, 0.4) is 0 Å². The lowest BCUT2D eigenvalue weighted by Crippen LogP contribution is -2.65. The molecule has 1 aromatic rings. The van der Waals surface area contributed by atoms with Gasteiger partial charge in [-0.2, -0.15) is 0 Å². The van der Waals surface area contributed by atoms with E-state index in [2.05, 4.69) is 33.9 Å². The van der Waals surface area contributed by atoms with Crippen LogP contribution in [0.15, 0.2) is 65.0 Å². The Morgan fingerprint density at radius 2 is 1.74 bits per heavy atom. The molecule has 0 spiro atoms. The SMILES string of the molecule is COC1=CCC=C2C(=O)CC3=C(C)[C@@H](O[Si](C)(C)C(C)(C)C)C[C@@](O)([C@@H](OC(=O)c4ccccc4)[C@@H]12)C3(C)C. The van der Waals surface area contributed by atoms with Gasteiger partial charge in [0.1, 0.15) is 17.5 Å². The number of esters is 1. The number of rotatable bonds is 5. The van der Waals surface area contributed by atoms with Crippen molar-refractivity contribution in [1.29, 1.82) is 0 Å². The van der Waals surface area contributed by atoms with Gasteiger partial charge in [-0.1, -0.05) is 64.5 Å². The van der Waals surface area contributed by atoms with Crippen LogP contribution < -0.4 is 0 Å². The van der Waals surface area contributed by atoms with E-state index in [4.69, 9.17) is 13.9 Å². The fourth-order valence-corrected chi connectivity index (χ4v) is 7.44. The van der Waals surface area contributed by atoms with E-state index in [1.165, 1.54) is 0 Å². The summed E-state index contributed by atoms with van der Waals surface area (Å²) in [5, 5.41) is 12.9. The molecule has 4 atom stereocenters. The van der Waals surface area contributed by atoms with Gasteiger partial charge in [-0.15, -0.1) is 0 Å². The predicted molar refractivity (Wildman–Crippen MR) is 155 cm³/mol. The fraction of sp³-hybridized carbons (Fsp3) is 0.562. The molecule has 0 aliphatic heterocycles. The van der Waals surface area contributed by atoms with Crippen LogP contribution in [0.5, 0.6) is 0 Å². The van der Waals surface area contributed by atoms with E-state index >= 15 is 0 Å². The number of carbonyl (C=O) groups is 2. The number of aliphatic hydroxyl groups is 1. The van der Waals surface area contributed by atoms with Crippen molar-refractivity contribution in [3.63, 3.8) is 0 Å². The second-order valence-corrected chi connectivity index (χ2v) is 18.0. The lowest BCUT2D eigenvalue weighted by Gasteiger charge is -2.57. The molecule has 39 heavy (non-hydrogen) atoms. The van der Waals surface area contributed by atoms with Crippen LogP contribution in [0.4, 0.5) is 0 Å². The third kappa shape index (κ3) is 4.98. The number of methoxy groups -OCH3 is 1. The lowest BCUT2D eigenvalue weighted by atomic mass is 9.54. The van der Waals surface area contributed by atoms with E-state index in [0.29, 0.717) is 23.3 Å². The summed E-state index contributed by atoms with van der Waals surface area (Å²) in [6, 6.07) is 8.76. The number of ketones is 1. The third-order valence-electron chi connectivity index (χ3n) is 9.75. The first-order chi connectivity index (χ1) is 18.0. The van der Waals surface area contributed by atoms with E-state index < -0.39 is 43.4 Å². The largest absolute Gasteiger partial charge is 0.501 e. The summed E-state index contributed by atoms with van der Waals surface area (Å²) >= 11 is 0. The van der Waals surface area contributed by atoms with Crippen LogP contribution >= 0.6 is 0 Å². The number of allylic oxidation sites excluding steroid dienone is 2. The number of carbonyl (C=O) groups excluding carboxylic acids is 2. The second kappa shape index (κ2) is 10.2. The zero-order valence-corrected chi connectivity index (χ0v) is 25.9. The van der Waals surface area contributed by atoms with Crippen molar-refractivity contribution < 1.29 is 28.6 Å². The summed E-state index contributed by atoms with van der Waals surface area (Å²) in [5.74, 6) is -0.775. The summed E-state index contributed by atoms with van der Waals surface area (Å²) < 4.78 is 19.0. The molecule has 0 radical (unpaired) electrons.